The molecule has 9 heteroatoms. The van der Waals surface area contributed by atoms with Gasteiger partial charge in [0, 0.05) is 23.8 Å². The Labute approximate surface area is 192 Å². The summed E-state index contributed by atoms with van der Waals surface area (Å²) in [5.41, 5.74) is 2.12. The van der Waals surface area contributed by atoms with Crippen LogP contribution in [-0.4, -0.2) is 24.5 Å². The Balaban J connectivity index is 1.71. The lowest BCUT2D eigenvalue weighted by Gasteiger charge is -2.22. The van der Waals surface area contributed by atoms with Gasteiger partial charge in [0.2, 0.25) is 5.28 Å². The molecule has 0 spiro atoms. The predicted molar refractivity (Wildman–Crippen MR) is 127 cm³/mol. The highest BCUT2D eigenvalue weighted by Crippen LogP contribution is 2.28. The van der Waals surface area contributed by atoms with Gasteiger partial charge in [-0.15, -0.1) is 0 Å². The highest BCUT2D eigenvalue weighted by Gasteiger charge is 2.19. The lowest BCUT2D eigenvalue weighted by Crippen LogP contribution is -2.26. The number of benzene rings is 2. The van der Waals surface area contributed by atoms with Gasteiger partial charge in [-0.05, 0) is 48.2 Å². The molecule has 2 aromatic carbocycles. The number of para-hydroxylation sites is 1. The van der Waals surface area contributed by atoms with Gasteiger partial charge in [0.25, 0.3) is 5.56 Å². The van der Waals surface area contributed by atoms with E-state index in [1.54, 1.807) is 23.0 Å². The Hall–Kier alpha value is -3.55. The molecule has 158 valence electrons. The van der Waals surface area contributed by atoms with Gasteiger partial charge in [-0.1, -0.05) is 41.9 Å². The first kappa shape index (κ1) is 20.4. The van der Waals surface area contributed by atoms with Gasteiger partial charge >= 0.3 is 0 Å². The van der Waals surface area contributed by atoms with Gasteiger partial charge < -0.3 is 5.32 Å². The second-order valence-corrected chi connectivity index (χ2v) is 7.93. The van der Waals surface area contributed by atoms with E-state index in [0.29, 0.717) is 27.4 Å². The molecule has 3 aromatic heterocycles. The lowest BCUT2D eigenvalue weighted by molar-refractivity contribution is 0.774. The van der Waals surface area contributed by atoms with Crippen molar-refractivity contribution in [3.8, 4) is 5.69 Å². The van der Waals surface area contributed by atoms with Gasteiger partial charge in [-0.25, -0.2) is 9.97 Å². The second kappa shape index (κ2) is 8.18. The van der Waals surface area contributed by atoms with Crippen molar-refractivity contribution in [2.75, 3.05) is 5.32 Å². The number of anilines is 1. The van der Waals surface area contributed by atoms with Gasteiger partial charge in [-0.3, -0.25) is 9.36 Å². The third-order valence-electron chi connectivity index (χ3n) is 5.14. The molecule has 5 rings (SSSR count). The molecule has 0 amide bonds. The molecule has 0 aliphatic heterocycles. The Kier molecular flexibility index (Phi) is 5.20. The first-order valence-electron chi connectivity index (χ1n) is 9.83. The molecule has 0 aliphatic rings. The zero-order valence-electron chi connectivity index (χ0n) is 16.8. The van der Waals surface area contributed by atoms with Gasteiger partial charge in [0.1, 0.15) is 0 Å². The predicted octanol–water partition coefficient (Wildman–Crippen LogP) is 5.20. The van der Waals surface area contributed by atoms with Crippen LogP contribution in [0.25, 0.3) is 27.6 Å². The maximum Gasteiger partial charge on any atom is 0.264 e. The molecule has 0 saturated heterocycles. The van der Waals surface area contributed by atoms with Crippen LogP contribution in [-0.2, 0) is 0 Å². The minimum Gasteiger partial charge on any atom is -0.360 e. The molecule has 32 heavy (non-hydrogen) atoms. The number of nitrogens with one attached hydrogen (secondary N) is 1. The van der Waals surface area contributed by atoms with E-state index < -0.39 is 0 Å². The maximum atomic E-state index is 13.6. The number of halogens is 2. The average Bonchev–Trinajstić information content (AvgIpc) is 2.79. The van der Waals surface area contributed by atoms with Crippen LogP contribution in [0, 0.1) is 0 Å². The molecule has 1 N–H and O–H groups in total. The molecule has 3 heterocycles. The molecule has 0 radical (unpaired) electrons. The molecule has 5 aromatic rings. The Morgan fingerprint density at radius 3 is 2.56 bits per heavy atom. The fourth-order valence-corrected chi connectivity index (χ4v) is 4.15. The Morgan fingerprint density at radius 2 is 1.75 bits per heavy atom. The number of rotatable bonds is 4. The minimum atomic E-state index is -0.345. The van der Waals surface area contributed by atoms with Gasteiger partial charge in [0.15, 0.2) is 17.0 Å². The largest absolute Gasteiger partial charge is 0.360 e. The summed E-state index contributed by atoms with van der Waals surface area (Å²) in [6.45, 7) is 1.93. The zero-order valence-corrected chi connectivity index (χ0v) is 18.3. The van der Waals surface area contributed by atoms with Crippen LogP contribution in [0.5, 0.6) is 0 Å². The van der Waals surface area contributed by atoms with E-state index >= 15 is 0 Å². The molecular weight excluding hydrogens is 447 g/mol. The average molecular weight is 463 g/mol. The number of nitrogens with zero attached hydrogens (tertiary/aromatic N) is 5. The van der Waals surface area contributed by atoms with E-state index in [4.69, 9.17) is 23.2 Å². The number of hydrogen-bond donors (Lipinski definition) is 1. The first-order chi connectivity index (χ1) is 15.5. The number of fused-ring (bicyclic) bond motifs is 2. The lowest BCUT2D eigenvalue weighted by atomic mass is 10.1. The van der Waals surface area contributed by atoms with E-state index in [9.17, 15) is 4.79 Å². The molecule has 1 atom stereocenters. The smallest absolute Gasteiger partial charge is 0.264 e. The summed E-state index contributed by atoms with van der Waals surface area (Å²) in [6, 6.07) is 16.4. The SMILES string of the molecule is C[C@H](Nc1nc(Cl)nc2nccnc12)c1cc2cccc(Cl)c2c(=O)n1-c1ccccc1. The summed E-state index contributed by atoms with van der Waals surface area (Å²) in [6.07, 6.45) is 3.10. The van der Waals surface area contributed by atoms with Crippen LogP contribution in [0.15, 0.2) is 71.8 Å². The number of hydrogen-bond acceptors (Lipinski definition) is 6. The third kappa shape index (κ3) is 3.55. The zero-order chi connectivity index (χ0) is 22.2. The molecule has 0 saturated carbocycles. The first-order valence-corrected chi connectivity index (χ1v) is 10.6. The highest BCUT2D eigenvalue weighted by atomic mass is 35.5. The van der Waals surface area contributed by atoms with Crippen molar-refractivity contribution in [2.45, 2.75) is 13.0 Å². The van der Waals surface area contributed by atoms with Crippen molar-refractivity contribution in [2.24, 2.45) is 0 Å². The fourth-order valence-electron chi connectivity index (χ4n) is 3.72. The van der Waals surface area contributed by atoms with Crippen molar-refractivity contribution in [3.05, 3.63) is 93.3 Å². The summed E-state index contributed by atoms with van der Waals surface area (Å²) in [5, 5.41) is 5.01. The summed E-state index contributed by atoms with van der Waals surface area (Å²) >= 11 is 12.5. The Bertz CT molecular complexity index is 1520. The standard InChI is InChI=1S/C23H16Cl2N6O/c1-13(28-21-19-20(27-11-10-26-19)29-23(25)30-21)17-12-14-6-5-9-16(24)18(14)22(32)31(17)15-7-3-2-4-8-15/h2-13H,1H3,(H,27,28,29,30)/t13-/m0/s1. The van der Waals surface area contributed by atoms with Crippen LogP contribution in [0.4, 0.5) is 5.82 Å². The summed E-state index contributed by atoms with van der Waals surface area (Å²) in [7, 11) is 0. The molecule has 7 nitrogen and oxygen atoms in total. The summed E-state index contributed by atoms with van der Waals surface area (Å²) in [5.74, 6) is 0.429. The van der Waals surface area contributed by atoms with E-state index in [1.807, 2.05) is 55.5 Å². The van der Waals surface area contributed by atoms with Crippen LogP contribution in [0.1, 0.15) is 18.7 Å². The minimum absolute atomic E-state index is 0.0541. The number of aromatic nitrogens is 5. The maximum absolute atomic E-state index is 13.6. The topological polar surface area (TPSA) is 85.6 Å². The van der Waals surface area contributed by atoms with Gasteiger partial charge in [0.05, 0.1) is 16.5 Å². The summed E-state index contributed by atoms with van der Waals surface area (Å²) in [4.78, 5) is 30.5. The Morgan fingerprint density at radius 1 is 0.969 bits per heavy atom. The highest BCUT2D eigenvalue weighted by molar-refractivity contribution is 6.35. The van der Waals surface area contributed by atoms with Crippen LogP contribution >= 0.6 is 23.2 Å². The van der Waals surface area contributed by atoms with Crippen LogP contribution < -0.4 is 10.9 Å². The van der Waals surface area contributed by atoms with Crippen molar-refractivity contribution in [3.63, 3.8) is 0 Å². The second-order valence-electron chi connectivity index (χ2n) is 7.19. The van der Waals surface area contributed by atoms with E-state index in [0.717, 1.165) is 16.8 Å². The van der Waals surface area contributed by atoms with Crippen molar-refractivity contribution in [1.82, 2.24) is 24.5 Å². The van der Waals surface area contributed by atoms with Crippen molar-refractivity contribution in [1.29, 1.82) is 0 Å². The molecule has 0 fully saturated rings. The van der Waals surface area contributed by atoms with Crippen LogP contribution in [0.3, 0.4) is 0 Å². The van der Waals surface area contributed by atoms with Gasteiger partial charge in [-0.2, -0.15) is 9.97 Å². The normalized spacial score (nSPS) is 12.2. The fraction of sp³-hybridized carbons (Fsp3) is 0.0870. The monoisotopic (exact) mass is 462 g/mol. The van der Waals surface area contributed by atoms with Crippen molar-refractivity contribution < 1.29 is 0 Å². The van der Waals surface area contributed by atoms with Crippen molar-refractivity contribution >= 4 is 51.0 Å². The third-order valence-corrected chi connectivity index (χ3v) is 5.63. The summed E-state index contributed by atoms with van der Waals surface area (Å²) < 4.78 is 1.66. The molecule has 0 bridgehead atoms. The molecule has 0 aliphatic carbocycles. The molecular formula is C23H16Cl2N6O. The van der Waals surface area contributed by atoms with E-state index in [1.165, 1.54) is 0 Å². The quantitative estimate of drug-likeness (QED) is 0.369. The van der Waals surface area contributed by atoms with Crippen LogP contribution in [0.2, 0.25) is 10.3 Å². The molecule has 0 unspecified atom stereocenters. The van der Waals surface area contributed by atoms with E-state index in [2.05, 4.69) is 25.3 Å². The van der Waals surface area contributed by atoms with E-state index in [-0.39, 0.29) is 16.9 Å². The number of pyridine rings is 1.